The van der Waals surface area contributed by atoms with Crippen molar-refractivity contribution >= 4 is 15.9 Å². The van der Waals surface area contributed by atoms with Gasteiger partial charge in [-0.25, -0.2) is 17.5 Å². The lowest BCUT2D eigenvalue weighted by Gasteiger charge is -2.36. The number of nitrogens with one attached hydrogen (secondary N) is 2. The molecule has 0 aromatic heterocycles. The molecule has 1 amide bonds. The Morgan fingerprint density at radius 3 is 2.68 bits per heavy atom. The molecule has 28 heavy (non-hydrogen) atoms. The van der Waals surface area contributed by atoms with Gasteiger partial charge < -0.3 is 15.2 Å². The number of sulfonamides is 1. The van der Waals surface area contributed by atoms with Gasteiger partial charge in [0.15, 0.2) is 0 Å². The Bertz CT molecular complexity index is 784. The highest BCUT2D eigenvalue weighted by Crippen LogP contribution is 2.26. The molecule has 2 aliphatic rings. The van der Waals surface area contributed by atoms with Crippen LogP contribution in [-0.4, -0.2) is 50.8 Å². The van der Waals surface area contributed by atoms with E-state index in [-0.39, 0.29) is 29.4 Å². The van der Waals surface area contributed by atoms with Gasteiger partial charge in [-0.1, -0.05) is 12.5 Å². The number of halogens is 1. The molecule has 1 aliphatic heterocycles. The zero-order valence-electron chi connectivity index (χ0n) is 15.6. The van der Waals surface area contributed by atoms with Gasteiger partial charge in [0.1, 0.15) is 5.82 Å². The predicted molar refractivity (Wildman–Crippen MR) is 100 cm³/mol. The van der Waals surface area contributed by atoms with Crippen molar-refractivity contribution in [1.29, 1.82) is 0 Å². The first kappa shape index (κ1) is 21.2. The second-order valence-electron chi connectivity index (χ2n) is 7.45. The SMILES string of the molecule is O=C(NCC[C@@H]1CC[C@@H](NS(=O)(=O)c2cccc(F)c2)[C@H](CO)O1)C1CCC1. The van der Waals surface area contributed by atoms with E-state index in [0.29, 0.717) is 25.8 Å². The normalized spacial score (nSPS) is 25.9. The number of aliphatic hydroxyl groups excluding tert-OH is 1. The Morgan fingerprint density at radius 2 is 2.04 bits per heavy atom. The van der Waals surface area contributed by atoms with Crippen molar-refractivity contribution in [2.45, 2.75) is 61.7 Å². The van der Waals surface area contributed by atoms with Gasteiger partial charge in [-0.15, -0.1) is 0 Å². The topological polar surface area (TPSA) is 105 Å². The highest BCUT2D eigenvalue weighted by Gasteiger charge is 2.34. The van der Waals surface area contributed by atoms with Gasteiger partial charge in [-0.3, -0.25) is 4.79 Å². The molecule has 3 N–H and O–H groups in total. The fourth-order valence-corrected chi connectivity index (χ4v) is 4.88. The van der Waals surface area contributed by atoms with Crippen molar-refractivity contribution in [3.63, 3.8) is 0 Å². The molecule has 3 atom stereocenters. The third-order valence-corrected chi connectivity index (χ3v) is 6.94. The number of amides is 1. The largest absolute Gasteiger partial charge is 0.394 e. The fraction of sp³-hybridized carbons (Fsp3) is 0.632. The van der Waals surface area contributed by atoms with Crippen LogP contribution in [-0.2, 0) is 19.6 Å². The predicted octanol–water partition coefficient (Wildman–Crippen LogP) is 1.32. The maximum absolute atomic E-state index is 13.3. The van der Waals surface area contributed by atoms with Gasteiger partial charge in [-0.05, 0) is 50.3 Å². The fourth-order valence-electron chi connectivity index (χ4n) is 3.55. The zero-order valence-corrected chi connectivity index (χ0v) is 16.5. The lowest BCUT2D eigenvalue weighted by atomic mass is 9.85. The van der Waals surface area contributed by atoms with E-state index in [0.717, 1.165) is 25.3 Å². The summed E-state index contributed by atoms with van der Waals surface area (Å²) < 4.78 is 46.6. The zero-order chi connectivity index (χ0) is 20.1. The van der Waals surface area contributed by atoms with E-state index in [1.807, 2.05) is 0 Å². The molecule has 7 nitrogen and oxygen atoms in total. The van der Waals surface area contributed by atoms with Crippen LogP contribution in [0.1, 0.15) is 38.5 Å². The van der Waals surface area contributed by atoms with Crippen LogP contribution in [0.25, 0.3) is 0 Å². The molecular weight excluding hydrogens is 387 g/mol. The van der Waals surface area contributed by atoms with E-state index < -0.39 is 28.0 Å². The van der Waals surface area contributed by atoms with Crippen LogP contribution < -0.4 is 10.0 Å². The second-order valence-corrected chi connectivity index (χ2v) is 9.16. The highest BCUT2D eigenvalue weighted by atomic mass is 32.2. The summed E-state index contributed by atoms with van der Waals surface area (Å²) in [5.74, 6) is -0.411. The van der Waals surface area contributed by atoms with Gasteiger partial charge >= 0.3 is 0 Å². The molecule has 1 aliphatic carbocycles. The standard InChI is InChI=1S/C19H27FN2O5S/c20-14-5-2-6-16(11-14)28(25,26)22-17-8-7-15(27-18(17)12-23)9-10-21-19(24)13-3-1-4-13/h2,5-6,11,13,15,17-18,22-23H,1,3-4,7-10,12H2,(H,21,24)/t15-,17+,18-/m0/s1. The summed E-state index contributed by atoms with van der Waals surface area (Å²) in [6.07, 6.45) is 3.86. The highest BCUT2D eigenvalue weighted by molar-refractivity contribution is 7.89. The maximum Gasteiger partial charge on any atom is 0.241 e. The summed E-state index contributed by atoms with van der Waals surface area (Å²) in [5, 5.41) is 12.5. The average Bonchev–Trinajstić information content (AvgIpc) is 2.61. The number of carbonyl (C=O) groups excluding carboxylic acids is 1. The van der Waals surface area contributed by atoms with Crippen LogP contribution in [0.4, 0.5) is 4.39 Å². The minimum absolute atomic E-state index is 0.0847. The first-order valence-corrected chi connectivity index (χ1v) is 11.2. The van der Waals surface area contributed by atoms with E-state index >= 15 is 0 Å². The Hall–Kier alpha value is -1.55. The van der Waals surface area contributed by atoms with Crippen molar-refractivity contribution in [1.82, 2.24) is 10.0 Å². The van der Waals surface area contributed by atoms with Crippen molar-refractivity contribution in [2.75, 3.05) is 13.2 Å². The van der Waals surface area contributed by atoms with E-state index in [9.17, 15) is 22.7 Å². The first-order chi connectivity index (χ1) is 13.4. The molecule has 2 fully saturated rings. The molecule has 1 heterocycles. The Labute approximate surface area is 164 Å². The van der Waals surface area contributed by atoms with Crippen molar-refractivity contribution < 1.29 is 27.4 Å². The number of carbonyl (C=O) groups is 1. The van der Waals surface area contributed by atoms with Crippen LogP contribution in [0.15, 0.2) is 29.2 Å². The molecule has 3 rings (SSSR count). The molecule has 0 spiro atoms. The van der Waals surface area contributed by atoms with E-state index in [2.05, 4.69) is 10.0 Å². The number of hydrogen-bond acceptors (Lipinski definition) is 5. The Kier molecular flexibility index (Phi) is 7.03. The van der Waals surface area contributed by atoms with E-state index in [1.54, 1.807) is 0 Å². The summed E-state index contributed by atoms with van der Waals surface area (Å²) in [4.78, 5) is 11.7. The lowest BCUT2D eigenvalue weighted by molar-refractivity contribution is -0.127. The van der Waals surface area contributed by atoms with Crippen LogP contribution in [0.3, 0.4) is 0 Å². The number of rotatable bonds is 8. The van der Waals surface area contributed by atoms with Gasteiger partial charge in [0.05, 0.1) is 29.8 Å². The third-order valence-electron chi connectivity index (χ3n) is 5.45. The first-order valence-electron chi connectivity index (χ1n) is 9.71. The van der Waals surface area contributed by atoms with Crippen molar-refractivity contribution in [3.05, 3.63) is 30.1 Å². The van der Waals surface area contributed by atoms with Crippen molar-refractivity contribution in [2.24, 2.45) is 5.92 Å². The minimum atomic E-state index is -3.92. The van der Waals surface area contributed by atoms with Crippen LogP contribution in [0.2, 0.25) is 0 Å². The molecular formula is C19H27FN2O5S. The number of aliphatic hydroxyl groups is 1. The smallest absolute Gasteiger partial charge is 0.241 e. The molecule has 0 unspecified atom stereocenters. The van der Waals surface area contributed by atoms with Crippen LogP contribution >= 0.6 is 0 Å². The lowest BCUT2D eigenvalue weighted by Crippen LogP contribution is -2.51. The average molecular weight is 414 g/mol. The monoisotopic (exact) mass is 414 g/mol. The minimum Gasteiger partial charge on any atom is -0.394 e. The number of benzene rings is 1. The molecule has 156 valence electrons. The Balaban J connectivity index is 1.50. The molecule has 1 saturated carbocycles. The maximum atomic E-state index is 13.3. The summed E-state index contributed by atoms with van der Waals surface area (Å²) in [5.41, 5.74) is 0. The Morgan fingerprint density at radius 1 is 1.25 bits per heavy atom. The number of ether oxygens (including phenoxy) is 1. The summed E-state index contributed by atoms with van der Waals surface area (Å²) in [6, 6.07) is 4.18. The second kappa shape index (κ2) is 9.30. The summed E-state index contributed by atoms with van der Waals surface area (Å²) >= 11 is 0. The summed E-state index contributed by atoms with van der Waals surface area (Å²) in [7, 11) is -3.92. The van der Waals surface area contributed by atoms with Gasteiger partial charge in [0.25, 0.3) is 0 Å². The van der Waals surface area contributed by atoms with Crippen LogP contribution in [0.5, 0.6) is 0 Å². The molecule has 0 bridgehead atoms. The molecule has 0 radical (unpaired) electrons. The molecule has 1 aromatic rings. The molecule has 9 heteroatoms. The molecule has 1 saturated heterocycles. The number of hydrogen-bond donors (Lipinski definition) is 3. The van der Waals surface area contributed by atoms with Crippen LogP contribution in [0, 0.1) is 11.7 Å². The van der Waals surface area contributed by atoms with Gasteiger partial charge in [0.2, 0.25) is 15.9 Å². The van der Waals surface area contributed by atoms with Crippen molar-refractivity contribution in [3.8, 4) is 0 Å². The summed E-state index contributed by atoms with van der Waals surface area (Å²) in [6.45, 7) is 0.166. The van der Waals surface area contributed by atoms with Gasteiger partial charge in [-0.2, -0.15) is 0 Å². The quantitative estimate of drug-likeness (QED) is 0.595. The third kappa shape index (κ3) is 5.28. The van der Waals surface area contributed by atoms with Gasteiger partial charge in [0, 0.05) is 12.5 Å². The molecule has 1 aromatic carbocycles. The van der Waals surface area contributed by atoms with E-state index in [1.165, 1.54) is 18.2 Å². The van der Waals surface area contributed by atoms with E-state index in [4.69, 9.17) is 4.74 Å².